The Kier molecular flexibility index (Phi) is 5.18. The average Bonchev–Trinajstić information content (AvgIpc) is 2.46. The molecule has 2 rings (SSSR count). The van der Waals surface area contributed by atoms with Gasteiger partial charge in [-0.15, -0.1) is 0 Å². The molecular formula is C14H20N2O3. The summed E-state index contributed by atoms with van der Waals surface area (Å²) in [6.07, 6.45) is 1.73. The maximum Gasteiger partial charge on any atom is 0.258 e. The van der Waals surface area contributed by atoms with Gasteiger partial charge < -0.3 is 20.5 Å². The first-order chi connectivity index (χ1) is 9.29. The minimum absolute atomic E-state index is 0.0222. The van der Waals surface area contributed by atoms with Gasteiger partial charge in [-0.05, 0) is 18.9 Å². The zero-order valence-corrected chi connectivity index (χ0v) is 10.9. The van der Waals surface area contributed by atoms with Crippen LogP contribution in [0.2, 0.25) is 0 Å². The molecule has 5 nitrogen and oxygen atoms in total. The van der Waals surface area contributed by atoms with Gasteiger partial charge >= 0.3 is 0 Å². The standard InChI is InChI=1S/C14H20N2O3/c15-9-11-3-1-2-4-13(11)19-10-14(17)16-12-5-7-18-8-6-12/h1-4,12H,5-10,15H2,(H,16,17). The number of hydrogen-bond acceptors (Lipinski definition) is 4. The van der Waals surface area contributed by atoms with Crippen LogP contribution in [0.15, 0.2) is 24.3 Å². The molecule has 104 valence electrons. The number of nitrogens with one attached hydrogen (secondary N) is 1. The van der Waals surface area contributed by atoms with Crippen molar-refractivity contribution < 1.29 is 14.3 Å². The van der Waals surface area contributed by atoms with Crippen LogP contribution in [0.1, 0.15) is 18.4 Å². The van der Waals surface area contributed by atoms with Gasteiger partial charge in [-0.2, -0.15) is 0 Å². The highest BCUT2D eigenvalue weighted by atomic mass is 16.5. The number of rotatable bonds is 5. The van der Waals surface area contributed by atoms with Gasteiger partial charge in [-0.25, -0.2) is 0 Å². The molecule has 1 aliphatic rings. The molecule has 1 heterocycles. The van der Waals surface area contributed by atoms with Gasteiger partial charge in [0.25, 0.3) is 5.91 Å². The zero-order valence-electron chi connectivity index (χ0n) is 10.9. The molecule has 0 bridgehead atoms. The molecule has 0 radical (unpaired) electrons. The van der Waals surface area contributed by atoms with Crippen molar-refractivity contribution in [2.24, 2.45) is 5.73 Å². The van der Waals surface area contributed by atoms with Gasteiger partial charge in [0.1, 0.15) is 5.75 Å². The van der Waals surface area contributed by atoms with E-state index in [1.807, 2.05) is 24.3 Å². The summed E-state index contributed by atoms with van der Waals surface area (Å²) in [6.45, 7) is 1.84. The maximum atomic E-state index is 11.8. The smallest absolute Gasteiger partial charge is 0.258 e. The van der Waals surface area contributed by atoms with E-state index in [-0.39, 0.29) is 18.6 Å². The lowest BCUT2D eigenvalue weighted by atomic mass is 10.1. The molecule has 19 heavy (non-hydrogen) atoms. The second kappa shape index (κ2) is 7.11. The molecule has 0 spiro atoms. The maximum absolute atomic E-state index is 11.8. The van der Waals surface area contributed by atoms with Crippen LogP contribution in [0.25, 0.3) is 0 Å². The van der Waals surface area contributed by atoms with Crippen molar-refractivity contribution in [3.05, 3.63) is 29.8 Å². The second-order valence-electron chi connectivity index (χ2n) is 4.55. The highest BCUT2D eigenvalue weighted by Crippen LogP contribution is 2.16. The van der Waals surface area contributed by atoms with Gasteiger partial charge in [0.2, 0.25) is 0 Å². The van der Waals surface area contributed by atoms with Gasteiger partial charge in [0, 0.05) is 31.4 Å². The Hall–Kier alpha value is -1.59. The Labute approximate surface area is 113 Å². The Bertz CT molecular complexity index is 417. The first-order valence-corrected chi connectivity index (χ1v) is 6.57. The molecule has 1 aromatic carbocycles. The third-order valence-electron chi connectivity index (χ3n) is 3.14. The van der Waals surface area contributed by atoms with E-state index in [1.54, 1.807) is 0 Å². The molecular weight excluding hydrogens is 244 g/mol. The van der Waals surface area contributed by atoms with E-state index >= 15 is 0 Å². The van der Waals surface area contributed by atoms with Crippen molar-refractivity contribution in [3.8, 4) is 5.75 Å². The van der Waals surface area contributed by atoms with Crippen LogP contribution in [0.4, 0.5) is 0 Å². The van der Waals surface area contributed by atoms with Crippen LogP contribution in [0, 0.1) is 0 Å². The third kappa shape index (κ3) is 4.22. The molecule has 1 fully saturated rings. The number of carbonyl (C=O) groups excluding carboxylic acids is 1. The number of carbonyl (C=O) groups is 1. The number of hydrogen-bond donors (Lipinski definition) is 2. The molecule has 0 aromatic heterocycles. The van der Waals surface area contributed by atoms with Crippen LogP contribution in [-0.4, -0.2) is 31.8 Å². The van der Waals surface area contributed by atoms with Crippen molar-refractivity contribution in [1.29, 1.82) is 0 Å². The summed E-state index contributed by atoms with van der Waals surface area (Å²) in [7, 11) is 0. The average molecular weight is 264 g/mol. The number of ether oxygens (including phenoxy) is 2. The van der Waals surface area contributed by atoms with Gasteiger partial charge in [0.05, 0.1) is 0 Å². The molecule has 1 amide bonds. The summed E-state index contributed by atoms with van der Waals surface area (Å²) < 4.78 is 10.8. The molecule has 0 saturated carbocycles. The van der Waals surface area contributed by atoms with E-state index in [9.17, 15) is 4.79 Å². The predicted molar refractivity (Wildman–Crippen MR) is 71.8 cm³/mol. The first kappa shape index (κ1) is 13.8. The topological polar surface area (TPSA) is 73.6 Å². The highest BCUT2D eigenvalue weighted by molar-refractivity contribution is 5.77. The van der Waals surface area contributed by atoms with Crippen LogP contribution in [0.3, 0.4) is 0 Å². The summed E-state index contributed by atoms with van der Waals surface area (Å²) in [5.41, 5.74) is 6.52. The fraction of sp³-hybridized carbons (Fsp3) is 0.500. The lowest BCUT2D eigenvalue weighted by Crippen LogP contribution is -2.41. The first-order valence-electron chi connectivity index (χ1n) is 6.57. The lowest BCUT2D eigenvalue weighted by molar-refractivity contribution is -0.124. The molecule has 0 aliphatic carbocycles. The van der Waals surface area contributed by atoms with E-state index in [2.05, 4.69) is 5.32 Å². The molecule has 1 saturated heterocycles. The fourth-order valence-electron chi connectivity index (χ4n) is 2.07. The second-order valence-corrected chi connectivity index (χ2v) is 4.55. The summed E-state index contributed by atoms with van der Waals surface area (Å²) in [5, 5.41) is 2.95. The summed E-state index contributed by atoms with van der Waals surface area (Å²) in [6, 6.07) is 7.69. The quantitative estimate of drug-likeness (QED) is 0.825. The number of nitrogens with two attached hydrogens (primary N) is 1. The SMILES string of the molecule is NCc1ccccc1OCC(=O)NC1CCOCC1. The van der Waals surface area contributed by atoms with Crippen LogP contribution >= 0.6 is 0 Å². The third-order valence-corrected chi connectivity index (χ3v) is 3.14. The molecule has 0 unspecified atom stereocenters. The Morgan fingerprint density at radius 2 is 2.11 bits per heavy atom. The summed E-state index contributed by atoms with van der Waals surface area (Å²) in [5.74, 6) is 0.575. The monoisotopic (exact) mass is 264 g/mol. The largest absolute Gasteiger partial charge is 0.483 e. The number of benzene rings is 1. The van der Waals surface area contributed by atoms with Crippen LogP contribution < -0.4 is 15.8 Å². The normalized spacial score (nSPS) is 16.1. The summed E-state index contributed by atoms with van der Waals surface area (Å²) in [4.78, 5) is 11.8. The molecule has 3 N–H and O–H groups in total. The molecule has 1 aromatic rings. The van der Waals surface area contributed by atoms with Crippen molar-refractivity contribution >= 4 is 5.91 Å². The molecule has 0 atom stereocenters. The van der Waals surface area contributed by atoms with E-state index in [4.69, 9.17) is 15.2 Å². The minimum atomic E-state index is -0.0984. The Balaban J connectivity index is 1.79. The van der Waals surface area contributed by atoms with E-state index in [0.717, 1.165) is 18.4 Å². The van der Waals surface area contributed by atoms with Gasteiger partial charge in [-0.1, -0.05) is 18.2 Å². The van der Waals surface area contributed by atoms with Crippen LogP contribution in [-0.2, 0) is 16.1 Å². The van der Waals surface area contributed by atoms with Crippen molar-refractivity contribution in [2.75, 3.05) is 19.8 Å². The van der Waals surface area contributed by atoms with Gasteiger partial charge in [-0.3, -0.25) is 4.79 Å². The highest BCUT2D eigenvalue weighted by Gasteiger charge is 2.16. The van der Waals surface area contributed by atoms with Crippen LogP contribution in [0.5, 0.6) is 5.75 Å². The van der Waals surface area contributed by atoms with E-state index < -0.39 is 0 Å². The van der Waals surface area contributed by atoms with E-state index in [0.29, 0.717) is 25.5 Å². The summed E-state index contributed by atoms with van der Waals surface area (Å²) >= 11 is 0. The zero-order chi connectivity index (χ0) is 13.5. The minimum Gasteiger partial charge on any atom is -0.483 e. The lowest BCUT2D eigenvalue weighted by Gasteiger charge is -2.23. The van der Waals surface area contributed by atoms with Crippen molar-refractivity contribution in [2.45, 2.75) is 25.4 Å². The number of para-hydroxylation sites is 1. The van der Waals surface area contributed by atoms with Crippen molar-refractivity contribution in [1.82, 2.24) is 5.32 Å². The fourth-order valence-corrected chi connectivity index (χ4v) is 2.07. The predicted octanol–water partition coefficient (Wildman–Crippen LogP) is 0.819. The van der Waals surface area contributed by atoms with E-state index in [1.165, 1.54) is 0 Å². The molecule has 1 aliphatic heterocycles. The van der Waals surface area contributed by atoms with Gasteiger partial charge in [0.15, 0.2) is 6.61 Å². The Morgan fingerprint density at radius 3 is 2.84 bits per heavy atom. The van der Waals surface area contributed by atoms with Crippen molar-refractivity contribution in [3.63, 3.8) is 0 Å². The molecule has 5 heteroatoms. The number of amides is 1. The Morgan fingerprint density at radius 1 is 1.37 bits per heavy atom.